The third-order valence-electron chi connectivity index (χ3n) is 2.93. The number of rotatable bonds is 2. The van der Waals surface area contributed by atoms with E-state index in [0.29, 0.717) is 5.56 Å². The summed E-state index contributed by atoms with van der Waals surface area (Å²) in [5, 5.41) is 9.99. The number of hydrogen-bond donors (Lipinski definition) is 1. The van der Waals surface area contributed by atoms with Crippen molar-refractivity contribution >= 4 is 18.0 Å². The normalized spacial score (nSPS) is 11.1. The van der Waals surface area contributed by atoms with Gasteiger partial charge in [-0.25, -0.2) is 14.4 Å². The first kappa shape index (κ1) is 33.0. The Morgan fingerprint density at radius 2 is 1.24 bits per heavy atom. The van der Waals surface area contributed by atoms with Gasteiger partial charge in [-0.2, -0.15) is 14.9 Å². The van der Waals surface area contributed by atoms with Crippen molar-refractivity contribution in [2.45, 2.75) is 79.1 Å². The molecule has 2 rings (SSSR count). The number of nitrogens with one attached hydrogen (secondary N) is 1. The number of nitrogens with zero attached hydrogens (tertiary/aromatic N) is 3. The Kier molecular flexibility index (Phi) is 12.9. The molecule has 0 radical (unpaired) electrons. The van der Waals surface area contributed by atoms with Gasteiger partial charge < -0.3 is 19.7 Å². The van der Waals surface area contributed by atoms with Crippen molar-refractivity contribution in [3.8, 4) is 0 Å². The molecule has 0 saturated heterocycles. The summed E-state index contributed by atoms with van der Waals surface area (Å²) in [6, 6.07) is 0. The number of hydrogen-bond acceptors (Lipinski definition) is 9. The third kappa shape index (κ3) is 13.8. The van der Waals surface area contributed by atoms with E-state index in [2.05, 4.69) is 15.3 Å². The van der Waals surface area contributed by atoms with Gasteiger partial charge in [-0.1, -0.05) is 0 Å². The SMILES string of the molecule is CC(C)(C)OC(=O)c1cn[nH]c1.CC(C)(C)OC(=O)c1cnn(C(=O)OC(C)(C)C)c1.[Na+].[OH-]. The molecular formula is C21H33N4NaO7. The van der Waals surface area contributed by atoms with Gasteiger partial charge in [0.25, 0.3) is 0 Å². The fourth-order valence-corrected chi connectivity index (χ4v) is 1.87. The van der Waals surface area contributed by atoms with Crippen LogP contribution in [-0.4, -0.2) is 60.3 Å². The first-order valence-corrected chi connectivity index (χ1v) is 9.70. The van der Waals surface area contributed by atoms with Gasteiger partial charge >= 0.3 is 47.6 Å². The molecule has 11 nitrogen and oxygen atoms in total. The van der Waals surface area contributed by atoms with Crippen LogP contribution in [0.4, 0.5) is 4.79 Å². The summed E-state index contributed by atoms with van der Waals surface area (Å²) in [5.41, 5.74) is -1.00. The second-order valence-electron chi connectivity index (χ2n) is 9.64. The second-order valence-corrected chi connectivity index (χ2v) is 9.64. The number of aromatic nitrogens is 4. The van der Waals surface area contributed by atoms with Crippen molar-refractivity contribution < 1.29 is 63.6 Å². The van der Waals surface area contributed by atoms with Crippen LogP contribution in [0.25, 0.3) is 0 Å². The maximum Gasteiger partial charge on any atom is 1.00 e. The largest absolute Gasteiger partial charge is 1.00 e. The van der Waals surface area contributed by atoms with Crippen LogP contribution < -0.4 is 29.6 Å². The zero-order valence-corrected chi connectivity index (χ0v) is 23.0. The summed E-state index contributed by atoms with van der Waals surface area (Å²) in [4.78, 5) is 34.7. The number of ether oxygens (including phenoxy) is 3. The van der Waals surface area contributed by atoms with Crippen molar-refractivity contribution in [1.82, 2.24) is 20.0 Å². The van der Waals surface area contributed by atoms with Gasteiger partial charge in [0.2, 0.25) is 0 Å². The minimum atomic E-state index is -0.637. The number of carbonyl (C=O) groups is 3. The molecule has 2 aromatic heterocycles. The molecular weight excluding hydrogens is 443 g/mol. The molecule has 0 unspecified atom stereocenters. The van der Waals surface area contributed by atoms with Gasteiger partial charge in [0.05, 0.1) is 29.7 Å². The predicted octanol–water partition coefficient (Wildman–Crippen LogP) is 0.814. The Bertz CT molecular complexity index is 847. The van der Waals surface area contributed by atoms with Gasteiger partial charge in [0.1, 0.15) is 16.8 Å². The van der Waals surface area contributed by atoms with Gasteiger partial charge in [-0.3, -0.25) is 5.10 Å². The van der Waals surface area contributed by atoms with Crippen LogP contribution >= 0.6 is 0 Å². The molecule has 0 bridgehead atoms. The van der Waals surface area contributed by atoms with E-state index in [1.807, 2.05) is 20.8 Å². The van der Waals surface area contributed by atoms with Gasteiger partial charge in [0.15, 0.2) is 0 Å². The summed E-state index contributed by atoms with van der Waals surface area (Å²) >= 11 is 0. The molecule has 0 aromatic carbocycles. The van der Waals surface area contributed by atoms with E-state index in [0.717, 1.165) is 4.68 Å². The van der Waals surface area contributed by atoms with Gasteiger partial charge in [0, 0.05) is 6.20 Å². The van der Waals surface area contributed by atoms with Crippen LogP contribution in [0.1, 0.15) is 83.0 Å². The minimum absolute atomic E-state index is 0. The minimum Gasteiger partial charge on any atom is -0.870 e. The molecule has 0 aliphatic heterocycles. The summed E-state index contributed by atoms with van der Waals surface area (Å²) in [7, 11) is 0. The molecule has 180 valence electrons. The van der Waals surface area contributed by atoms with Crippen molar-refractivity contribution in [2.24, 2.45) is 0 Å². The molecule has 0 aliphatic rings. The van der Waals surface area contributed by atoms with Crippen molar-refractivity contribution in [2.75, 3.05) is 0 Å². The van der Waals surface area contributed by atoms with Crippen LogP contribution in [0.5, 0.6) is 0 Å². The molecule has 0 fully saturated rings. The summed E-state index contributed by atoms with van der Waals surface area (Å²) < 4.78 is 16.4. The fraction of sp³-hybridized carbons (Fsp3) is 0.571. The number of carbonyl (C=O) groups excluding carboxylic acids is 3. The molecule has 12 heteroatoms. The number of H-pyrrole nitrogens is 1. The zero-order chi connectivity index (χ0) is 24.0. The van der Waals surface area contributed by atoms with Crippen molar-refractivity contribution in [1.29, 1.82) is 0 Å². The van der Waals surface area contributed by atoms with E-state index in [9.17, 15) is 14.4 Å². The average molecular weight is 477 g/mol. The molecule has 33 heavy (non-hydrogen) atoms. The Hall–Kier alpha value is -2.21. The summed E-state index contributed by atoms with van der Waals surface area (Å²) in [6.45, 7) is 16.0. The van der Waals surface area contributed by atoms with E-state index in [1.165, 1.54) is 24.8 Å². The van der Waals surface area contributed by atoms with E-state index in [4.69, 9.17) is 14.2 Å². The molecule has 2 heterocycles. The Balaban J connectivity index is 0. The van der Waals surface area contributed by atoms with Crippen LogP contribution in [0.2, 0.25) is 0 Å². The van der Waals surface area contributed by atoms with Gasteiger partial charge in [-0.05, 0) is 62.3 Å². The molecule has 0 atom stereocenters. The Labute approximate surface area is 216 Å². The topological polar surface area (TPSA) is 155 Å². The molecule has 0 amide bonds. The fourth-order valence-electron chi connectivity index (χ4n) is 1.87. The first-order valence-electron chi connectivity index (χ1n) is 9.70. The number of aromatic amines is 1. The average Bonchev–Trinajstić information content (AvgIpc) is 3.23. The van der Waals surface area contributed by atoms with Gasteiger partial charge in [-0.15, -0.1) is 0 Å². The van der Waals surface area contributed by atoms with Crippen LogP contribution in [-0.2, 0) is 14.2 Å². The molecule has 0 saturated carbocycles. The standard InChI is InChI=1S/C13H20N2O4.C8H12N2O2.Na.H2O/c1-12(2,3)18-10(16)9-7-14-15(8-9)11(17)19-13(4,5)6;1-8(2,3)12-7(11)6-4-9-10-5-6;;/h7-8H,1-6H3;4-5H,1-3H3,(H,9,10);;1H2/q;;+1;/p-1. The predicted molar refractivity (Wildman–Crippen MR) is 115 cm³/mol. The zero-order valence-electron chi connectivity index (χ0n) is 21.0. The molecule has 0 aliphatic carbocycles. The quantitative estimate of drug-likeness (QED) is 0.376. The summed E-state index contributed by atoms with van der Waals surface area (Å²) in [5.74, 6) is -0.876. The Morgan fingerprint density at radius 1 is 0.788 bits per heavy atom. The van der Waals surface area contributed by atoms with E-state index < -0.39 is 28.9 Å². The Morgan fingerprint density at radius 3 is 1.64 bits per heavy atom. The van der Waals surface area contributed by atoms with Crippen molar-refractivity contribution in [3.63, 3.8) is 0 Å². The number of esters is 2. The van der Waals surface area contributed by atoms with E-state index >= 15 is 0 Å². The molecule has 0 spiro atoms. The van der Waals surface area contributed by atoms with Crippen LogP contribution in [0, 0.1) is 0 Å². The maximum atomic E-state index is 11.8. The van der Waals surface area contributed by atoms with E-state index in [1.54, 1.807) is 41.5 Å². The van der Waals surface area contributed by atoms with E-state index in [-0.39, 0.29) is 46.6 Å². The van der Waals surface area contributed by atoms with Crippen LogP contribution in [0.3, 0.4) is 0 Å². The molecule has 2 N–H and O–H groups in total. The third-order valence-corrected chi connectivity index (χ3v) is 2.93. The monoisotopic (exact) mass is 476 g/mol. The summed E-state index contributed by atoms with van der Waals surface area (Å²) in [6.07, 6.45) is 4.88. The second kappa shape index (κ2) is 12.9. The van der Waals surface area contributed by atoms with Crippen LogP contribution in [0.15, 0.2) is 24.8 Å². The maximum absolute atomic E-state index is 11.8. The first-order chi connectivity index (χ1) is 14.0. The smallest absolute Gasteiger partial charge is 0.870 e. The van der Waals surface area contributed by atoms with Crippen molar-refractivity contribution in [3.05, 3.63) is 35.9 Å². The molecule has 2 aromatic rings.